The summed E-state index contributed by atoms with van der Waals surface area (Å²) in [6.07, 6.45) is 8.47. The Labute approximate surface area is 228 Å². The number of rotatable bonds is 5. The van der Waals surface area contributed by atoms with Crippen LogP contribution in [0.2, 0.25) is 0 Å². The summed E-state index contributed by atoms with van der Waals surface area (Å²) in [5.74, 6) is 0.0883. The SMILES string of the molecule is COc1ccc(C(=O)N[C@@H]2CCc3ccc(C(=O)N4CCC5(CCN(c6ccncc6)CC5)C4)cc32)c(O)c1. The smallest absolute Gasteiger partial charge is 0.255 e. The quantitative estimate of drug-likeness (QED) is 0.514. The minimum atomic E-state index is -0.343. The van der Waals surface area contributed by atoms with E-state index in [-0.39, 0.29) is 34.6 Å². The Morgan fingerprint density at radius 2 is 1.79 bits per heavy atom. The van der Waals surface area contributed by atoms with E-state index in [1.807, 2.05) is 35.5 Å². The lowest BCUT2D eigenvalue weighted by molar-refractivity contribution is 0.0764. The van der Waals surface area contributed by atoms with E-state index in [1.54, 1.807) is 12.1 Å². The van der Waals surface area contributed by atoms with Crippen molar-refractivity contribution in [1.29, 1.82) is 0 Å². The molecule has 0 radical (unpaired) electrons. The van der Waals surface area contributed by atoms with Crippen LogP contribution < -0.4 is 15.0 Å². The third-order valence-corrected chi connectivity index (χ3v) is 8.80. The molecular weight excluding hydrogens is 492 g/mol. The number of amides is 2. The Hall–Kier alpha value is -4.07. The second-order valence-corrected chi connectivity index (χ2v) is 11.0. The van der Waals surface area contributed by atoms with Crippen molar-refractivity contribution < 1.29 is 19.4 Å². The van der Waals surface area contributed by atoms with Gasteiger partial charge in [0, 0.05) is 55.9 Å². The van der Waals surface area contributed by atoms with Gasteiger partial charge in [0.1, 0.15) is 11.5 Å². The number of aromatic hydroxyl groups is 1. The van der Waals surface area contributed by atoms with Crippen LogP contribution in [0.4, 0.5) is 5.69 Å². The number of nitrogens with one attached hydrogen (secondary N) is 1. The monoisotopic (exact) mass is 526 g/mol. The second-order valence-electron chi connectivity index (χ2n) is 11.0. The molecule has 39 heavy (non-hydrogen) atoms. The van der Waals surface area contributed by atoms with Crippen LogP contribution in [0.5, 0.6) is 11.5 Å². The van der Waals surface area contributed by atoms with E-state index < -0.39 is 0 Å². The molecule has 0 saturated carbocycles. The maximum atomic E-state index is 13.6. The van der Waals surface area contributed by atoms with Crippen molar-refractivity contribution in [1.82, 2.24) is 15.2 Å². The Morgan fingerprint density at radius 3 is 2.54 bits per heavy atom. The van der Waals surface area contributed by atoms with Crippen LogP contribution in [0.1, 0.15) is 63.6 Å². The summed E-state index contributed by atoms with van der Waals surface area (Å²) < 4.78 is 5.12. The summed E-state index contributed by atoms with van der Waals surface area (Å²) in [5, 5.41) is 13.3. The third kappa shape index (κ3) is 4.91. The topological polar surface area (TPSA) is 95.0 Å². The number of nitrogens with zero attached hydrogens (tertiary/aromatic N) is 3. The second kappa shape index (κ2) is 10.2. The maximum absolute atomic E-state index is 13.6. The first-order valence-electron chi connectivity index (χ1n) is 13.7. The number of aromatic nitrogens is 1. The van der Waals surface area contributed by atoms with Crippen LogP contribution in [0.3, 0.4) is 0 Å². The van der Waals surface area contributed by atoms with Crippen molar-refractivity contribution >= 4 is 17.5 Å². The van der Waals surface area contributed by atoms with Crippen LogP contribution in [0.25, 0.3) is 0 Å². The predicted octanol–water partition coefficient (Wildman–Crippen LogP) is 4.35. The van der Waals surface area contributed by atoms with Gasteiger partial charge in [-0.2, -0.15) is 0 Å². The van der Waals surface area contributed by atoms with Gasteiger partial charge < -0.3 is 25.0 Å². The third-order valence-electron chi connectivity index (χ3n) is 8.80. The molecule has 202 valence electrons. The van der Waals surface area contributed by atoms with E-state index in [9.17, 15) is 14.7 Å². The maximum Gasteiger partial charge on any atom is 0.255 e. The molecule has 2 aliphatic heterocycles. The lowest BCUT2D eigenvalue weighted by atomic mass is 9.77. The molecule has 1 aliphatic carbocycles. The Bertz CT molecular complexity index is 1380. The van der Waals surface area contributed by atoms with Crippen molar-refractivity contribution in [2.24, 2.45) is 5.41 Å². The number of ether oxygens (including phenoxy) is 1. The van der Waals surface area contributed by atoms with E-state index in [2.05, 4.69) is 27.3 Å². The van der Waals surface area contributed by atoms with Gasteiger partial charge in [-0.1, -0.05) is 6.07 Å². The van der Waals surface area contributed by atoms with Gasteiger partial charge in [0.15, 0.2) is 0 Å². The van der Waals surface area contributed by atoms with Crippen molar-refractivity contribution in [3.63, 3.8) is 0 Å². The minimum absolute atomic E-state index is 0.0658. The summed E-state index contributed by atoms with van der Waals surface area (Å²) in [5.41, 5.74) is 4.42. The van der Waals surface area contributed by atoms with Gasteiger partial charge in [0.2, 0.25) is 0 Å². The zero-order valence-electron chi connectivity index (χ0n) is 22.2. The van der Waals surface area contributed by atoms with Crippen molar-refractivity contribution in [2.75, 3.05) is 38.2 Å². The lowest BCUT2D eigenvalue weighted by Crippen LogP contribution is -2.42. The molecule has 8 nitrogen and oxygen atoms in total. The highest BCUT2D eigenvalue weighted by atomic mass is 16.5. The van der Waals surface area contributed by atoms with E-state index in [0.717, 1.165) is 69.4 Å². The van der Waals surface area contributed by atoms with Crippen LogP contribution >= 0.6 is 0 Å². The number of hydrogen-bond acceptors (Lipinski definition) is 6. The standard InChI is InChI=1S/C31H34N4O4/c1-39-24-5-6-25(28(36)19-24)29(37)33-27-7-4-21-2-3-22(18-26(21)27)30(38)35-17-12-31(20-35)10-15-34(16-11-31)23-8-13-32-14-9-23/h2-3,5-6,8-9,13-14,18-19,27,36H,4,7,10-12,15-17,20H2,1H3,(H,33,37)/t27-/m1/s1. The highest BCUT2D eigenvalue weighted by Gasteiger charge is 2.42. The molecule has 0 unspecified atom stereocenters. The summed E-state index contributed by atoms with van der Waals surface area (Å²) in [7, 11) is 1.51. The first kappa shape index (κ1) is 25.2. The fourth-order valence-corrected chi connectivity index (χ4v) is 6.44. The van der Waals surface area contributed by atoms with Crippen molar-refractivity contribution in [3.05, 3.63) is 83.2 Å². The van der Waals surface area contributed by atoms with Crippen LogP contribution in [0, 0.1) is 5.41 Å². The number of pyridine rings is 1. The molecule has 2 N–H and O–H groups in total. The number of benzene rings is 2. The zero-order chi connectivity index (χ0) is 27.0. The van der Waals surface area contributed by atoms with E-state index in [1.165, 1.54) is 18.9 Å². The number of carbonyl (C=O) groups excluding carboxylic acids is 2. The van der Waals surface area contributed by atoms with Gasteiger partial charge in [-0.05, 0) is 85.0 Å². The number of phenols is 1. The number of carbonyl (C=O) groups is 2. The average Bonchev–Trinajstić information content (AvgIpc) is 3.57. The van der Waals surface area contributed by atoms with Crippen molar-refractivity contribution in [3.8, 4) is 11.5 Å². The van der Waals surface area contributed by atoms with Gasteiger partial charge in [-0.3, -0.25) is 14.6 Å². The fraction of sp³-hybridized carbons (Fsp3) is 0.387. The molecule has 0 bridgehead atoms. The minimum Gasteiger partial charge on any atom is -0.507 e. The fourth-order valence-electron chi connectivity index (χ4n) is 6.44. The molecule has 6 rings (SSSR count). The normalized spacial score (nSPS) is 19.7. The molecule has 3 heterocycles. The van der Waals surface area contributed by atoms with Crippen molar-refractivity contribution in [2.45, 2.75) is 38.1 Å². The molecule has 2 amide bonds. The molecule has 2 aromatic carbocycles. The Morgan fingerprint density at radius 1 is 1.03 bits per heavy atom. The largest absolute Gasteiger partial charge is 0.507 e. The first-order valence-corrected chi connectivity index (χ1v) is 13.7. The summed E-state index contributed by atoms with van der Waals surface area (Å²) in [6.45, 7) is 3.57. The molecule has 3 aliphatic rings. The van der Waals surface area contributed by atoms with Gasteiger partial charge in [0.05, 0.1) is 18.7 Å². The molecule has 1 atom stereocenters. The number of anilines is 1. The Balaban J connectivity index is 1.11. The molecule has 3 aromatic rings. The summed E-state index contributed by atoms with van der Waals surface area (Å²) in [6, 6.07) is 14.5. The highest BCUT2D eigenvalue weighted by molar-refractivity contribution is 5.97. The first-order chi connectivity index (χ1) is 18.9. The van der Waals surface area contributed by atoms with Crippen LogP contribution in [-0.2, 0) is 6.42 Å². The molecule has 1 aromatic heterocycles. The summed E-state index contributed by atoms with van der Waals surface area (Å²) >= 11 is 0. The number of hydrogen-bond donors (Lipinski definition) is 2. The Kier molecular flexibility index (Phi) is 6.62. The highest BCUT2D eigenvalue weighted by Crippen LogP contribution is 2.42. The zero-order valence-corrected chi connectivity index (χ0v) is 22.2. The van der Waals surface area contributed by atoms with Crippen LogP contribution in [-0.4, -0.2) is 60.1 Å². The number of fused-ring (bicyclic) bond motifs is 1. The molecule has 2 saturated heterocycles. The molecule has 2 fully saturated rings. The number of methoxy groups -OCH3 is 1. The number of piperidine rings is 1. The van der Waals surface area contributed by atoms with Gasteiger partial charge in [0.25, 0.3) is 11.8 Å². The van der Waals surface area contributed by atoms with Gasteiger partial charge >= 0.3 is 0 Å². The van der Waals surface area contributed by atoms with E-state index in [0.29, 0.717) is 11.3 Å². The number of phenolic OH excluding ortho intramolecular Hbond substituents is 1. The number of likely N-dealkylation sites (tertiary alicyclic amines) is 1. The number of aryl methyl sites for hydroxylation is 1. The predicted molar refractivity (Wildman–Crippen MR) is 148 cm³/mol. The van der Waals surface area contributed by atoms with E-state index >= 15 is 0 Å². The van der Waals surface area contributed by atoms with Crippen LogP contribution in [0.15, 0.2) is 60.9 Å². The summed E-state index contributed by atoms with van der Waals surface area (Å²) in [4.78, 5) is 35.1. The average molecular weight is 527 g/mol. The van der Waals surface area contributed by atoms with Gasteiger partial charge in [-0.25, -0.2) is 0 Å². The molecule has 8 heteroatoms. The van der Waals surface area contributed by atoms with Gasteiger partial charge in [-0.15, -0.1) is 0 Å². The molecule has 1 spiro atoms. The van der Waals surface area contributed by atoms with E-state index in [4.69, 9.17) is 4.74 Å². The molecular formula is C31H34N4O4. The lowest BCUT2D eigenvalue weighted by Gasteiger charge is -2.40.